The molecule has 2 rings (SSSR count). The standard InChI is InChI=1S/C11H13NO4/c1-3-11(14)7-4-5-12-10(15-2)9(7)16-6-8(11)13/h4-5,14H,3,6H2,1-2H3/t11-/m0/s1. The number of ketones is 1. The van der Waals surface area contributed by atoms with Crippen LogP contribution in [-0.4, -0.2) is 29.6 Å². The maximum Gasteiger partial charge on any atom is 0.257 e. The van der Waals surface area contributed by atoms with Crippen LogP contribution in [0.5, 0.6) is 11.6 Å². The Hall–Kier alpha value is -1.62. The fourth-order valence-electron chi connectivity index (χ4n) is 1.83. The van der Waals surface area contributed by atoms with E-state index < -0.39 is 5.60 Å². The summed E-state index contributed by atoms with van der Waals surface area (Å²) in [6.45, 7) is 1.60. The lowest BCUT2D eigenvalue weighted by molar-refractivity contribution is -0.143. The average Bonchev–Trinajstić information content (AvgIpc) is 2.33. The van der Waals surface area contributed by atoms with E-state index in [1.165, 1.54) is 13.3 Å². The van der Waals surface area contributed by atoms with E-state index in [9.17, 15) is 9.90 Å². The quantitative estimate of drug-likeness (QED) is 0.797. The van der Waals surface area contributed by atoms with E-state index in [4.69, 9.17) is 9.47 Å². The lowest BCUT2D eigenvalue weighted by Crippen LogP contribution is -2.42. The minimum Gasteiger partial charge on any atom is -0.480 e. The summed E-state index contributed by atoms with van der Waals surface area (Å²) in [4.78, 5) is 15.6. The average molecular weight is 223 g/mol. The number of carbonyl (C=O) groups excluding carboxylic acids is 1. The van der Waals surface area contributed by atoms with Gasteiger partial charge in [0.1, 0.15) is 0 Å². The lowest BCUT2D eigenvalue weighted by Gasteiger charge is -2.32. The molecular formula is C11H13NO4. The largest absolute Gasteiger partial charge is 0.480 e. The molecule has 0 fully saturated rings. The number of carbonyl (C=O) groups is 1. The molecule has 0 radical (unpaired) electrons. The highest BCUT2D eigenvalue weighted by Gasteiger charge is 2.43. The van der Waals surface area contributed by atoms with Gasteiger partial charge in [-0.1, -0.05) is 6.92 Å². The van der Waals surface area contributed by atoms with Crippen LogP contribution >= 0.6 is 0 Å². The first kappa shape index (κ1) is 10.9. The SMILES string of the molecule is CC[C@@]1(O)C(=O)COc2c1ccnc2OC. The highest BCUT2D eigenvalue weighted by molar-refractivity contribution is 5.92. The van der Waals surface area contributed by atoms with Crippen molar-refractivity contribution in [3.8, 4) is 11.6 Å². The highest BCUT2D eigenvalue weighted by Crippen LogP contribution is 2.41. The molecule has 0 spiro atoms. The molecule has 1 atom stereocenters. The van der Waals surface area contributed by atoms with Crippen molar-refractivity contribution >= 4 is 5.78 Å². The first-order chi connectivity index (χ1) is 7.63. The van der Waals surface area contributed by atoms with E-state index in [0.29, 0.717) is 17.7 Å². The molecule has 0 saturated carbocycles. The number of ether oxygens (including phenoxy) is 2. The molecule has 0 bridgehead atoms. The maximum absolute atomic E-state index is 11.7. The Balaban J connectivity index is 2.61. The fourth-order valence-corrected chi connectivity index (χ4v) is 1.83. The first-order valence-electron chi connectivity index (χ1n) is 5.05. The lowest BCUT2D eigenvalue weighted by atomic mass is 9.85. The minimum absolute atomic E-state index is 0.153. The third-order valence-electron chi connectivity index (χ3n) is 2.83. The summed E-state index contributed by atoms with van der Waals surface area (Å²) in [5.41, 5.74) is -1.05. The molecule has 0 aliphatic carbocycles. The Morgan fingerprint density at radius 3 is 3.06 bits per heavy atom. The van der Waals surface area contributed by atoms with E-state index in [-0.39, 0.29) is 18.3 Å². The fraction of sp³-hybridized carbons (Fsp3) is 0.455. The zero-order valence-corrected chi connectivity index (χ0v) is 9.19. The predicted octanol–water partition coefficient (Wildman–Crippen LogP) is 0.649. The second-order valence-corrected chi connectivity index (χ2v) is 3.62. The number of aliphatic hydroxyl groups is 1. The van der Waals surface area contributed by atoms with Gasteiger partial charge in [-0.3, -0.25) is 4.79 Å². The van der Waals surface area contributed by atoms with Gasteiger partial charge in [-0.2, -0.15) is 0 Å². The molecule has 2 heterocycles. The number of aromatic nitrogens is 1. The van der Waals surface area contributed by atoms with Gasteiger partial charge < -0.3 is 14.6 Å². The number of hydrogen-bond donors (Lipinski definition) is 1. The van der Waals surface area contributed by atoms with Crippen molar-refractivity contribution in [1.29, 1.82) is 0 Å². The molecule has 16 heavy (non-hydrogen) atoms. The van der Waals surface area contributed by atoms with Crippen molar-refractivity contribution < 1.29 is 19.4 Å². The van der Waals surface area contributed by atoms with Gasteiger partial charge in [0.05, 0.1) is 7.11 Å². The zero-order valence-electron chi connectivity index (χ0n) is 9.19. The maximum atomic E-state index is 11.7. The smallest absolute Gasteiger partial charge is 0.257 e. The number of rotatable bonds is 2. The van der Waals surface area contributed by atoms with Gasteiger partial charge in [-0.05, 0) is 12.5 Å². The van der Waals surface area contributed by atoms with Crippen LogP contribution in [-0.2, 0) is 10.4 Å². The van der Waals surface area contributed by atoms with Crippen LogP contribution in [0.4, 0.5) is 0 Å². The Labute approximate surface area is 93.0 Å². The van der Waals surface area contributed by atoms with Gasteiger partial charge in [-0.25, -0.2) is 4.98 Å². The van der Waals surface area contributed by atoms with Crippen LogP contribution in [0.2, 0.25) is 0 Å². The van der Waals surface area contributed by atoms with E-state index in [1.807, 2.05) is 0 Å². The molecule has 0 aromatic carbocycles. The molecule has 0 unspecified atom stereocenters. The van der Waals surface area contributed by atoms with Gasteiger partial charge in [0.25, 0.3) is 5.88 Å². The van der Waals surface area contributed by atoms with Crippen LogP contribution in [0, 0.1) is 0 Å². The summed E-state index contributed by atoms with van der Waals surface area (Å²) in [5, 5.41) is 10.3. The van der Waals surface area contributed by atoms with E-state index in [2.05, 4.69) is 4.98 Å². The van der Waals surface area contributed by atoms with Crippen molar-refractivity contribution in [2.45, 2.75) is 18.9 Å². The normalized spacial score (nSPS) is 23.6. The van der Waals surface area contributed by atoms with Crippen molar-refractivity contribution in [3.05, 3.63) is 17.8 Å². The number of hydrogen-bond acceptors (Lipinski definition) is 5. The van der Waals surface area contributed by atoms with Crippen molar-refractivity contribution in [3.63, 3.8) is 0 Å². The third kappa shape index (κ3) is 1.36. The molecule has 1 aliphatic rings. The summed E-state index contributed by atoms with van der Waals surface area (Å²) in [6.07, 6.45) is 1.79. The molecule has 1 aliphatic heterocycles. The molecular weight excluding hydrogens is 210 g/mol. The monoisotopic (exact) mass is 223 g/mol. The Morgan fingerprint density at radius 1 is 1.69 bits per heavy atom. The molecule has 86 valence electrons. The number of pyridine rings is 1. The first-order valence-corrected chi connectivity index (χ1v) is 5.05. The summed E-state index contributed by atoms with van der Waals surface area (Å²) >= 11 is 0. The van der Waals surface area contributed by atoms with Gasteiger partial charge >= 0.3 is 0 Å². The Bertz CT molecular complexity index is 432. The summed E-state index contributed by atoms with van der Waals surface area (Å²) in [6, 6.07) is 1.58. The van der Waals surface area contributed by atoms with Crippen LogP contribution in [0.25, 0.3) is 0 Å². The van der Waals surface area contributed by atoms with Gasteiger partial charge in [-0.15, -0.1) is 0 Å². The van der Waals surface area contributed by atoms with Gasteiger partial charge in [0, 0.05) is 11.8 Å². The molecule has 5 heteroatoms. The van der Waals surface area contributed by atoms with Crippen molar-refractivity contribution in [1.82, 2.24) is 4.98 Å². The van der Waals surface area contributed by atoms with Crippen LogP contribution in [0.15, 0.2) is 12.3 Å². The molecule has 1 aromatic heterocycles. The van der Waals surface area contributed by atoms with E-state index >= 15 is 0 Å². The molecule has 1 aromatic rings. The summed E-state index contributed by atoms with van der Waals surface area (Å²) in [7, 11) is 1.47. The second kappa shape index (κ2) is 3.75. The van der Waals surface area contributed by atoms with E-state index in [1.54, 1.807) is 13.0 Å². The number of nitrogens with zero attached hydrogens (tertiary/aromatic N) is 1. The van der Waals surface area contributed by atoms with E-state index in [0.717, 1.165) is 0 Å². The third-order valence-corrected chi connectivity index (χ3v) is 2.83. The van der Waals surface area contributed by atoms with Crippen LogP contribution < -0.4 is 9.47 Å². The highest BCUT2D eigenvalue weighted by atomic mass is 16.5. The predicted molar refractivity (Wildman–Crippen MR) is 55.5 cm³/mol. The Kier molecular flexibility index (Phi) is 2.55. The minimum atomic E-state index is -1.48. The second-order valence-electron chi connectivity index (χ2n) is 3.62. The van der Waals surface area contributed by atoms with Crippen molar-refractivity contribution in [2.75, 3.05) is 13.7 Å². The molecule has 1 N–H and O–H groups in total. The molecule has 0 amide bonds. The number of methoxy groups -OCH3 is 1. The van der Waals surface area contributed by atoms with Gasteiger partial charge in [0.2, 0.25) is 5.78 Å². The number of fused-ring (bicyclic) bond motifs is 1. The number of Topliss-reactive ketones (excluding diaryl/α,β-unsaturated/α-hetero) is 1. The van der Waals surface area contributed by atoms with Crippen molar-refractivity contribution in [2.24, 2.45) is 0 Å². The molecule has 5 nitrogen and oxygen atoms in total. The Morgan fingerprint density at radius 2 is 2.44 bits per heavy atom. The van der Waals surface area contributed by atoms with Gasteiger partial charge in [0.15, 0.2) is 18.0 Å². The topological polar surface area (TPSA) is 68.7 Å². The summed E-state index contributed by atoms with van der Waals surface area (Å²) < 4.78 is 10.3. The van der Waals surface area contributed by atoms with Crippen LogP contribution in [0.3, 0.4) is 0 Å². The van der Waals surface area contributed by atoms with Crippen LogP contribution in [0.1, 0.15) is 18.9 Å². The molecule has 0 saturated heterocycles. The zero-order chi connectivity index (χ0) is 11.8. The summed E-state index contributed by atoms with van der Waals surface area (Å²) in [5.74, 6) is 0.307.